The molecule has 0 unspecified atom stereocenters. The Hall–Kier alpha value is -2.14. The SMILES string of the molecule is CC(=O)Nc1cccc(CNC(=O)Cc2ccc(Br)cc2)c1. The fourth-order valence-corrected chi connectivity index (χ4v) is 2.28. The van der Waals surface area contributed by atoms with Crippen LogP contribution in [0.4, 0.5) is 5.69 Å². The molecule has 0 spiro atoms. The zero-order valence-electron chi connectivity index (χ0n) is 12.2. The van der Waals surface area contributed by atoms with Crippen molar-refractivity contribution in [1.29, 1.82) is 0 Å². The van der Waals surface area contributed by atoms with Crippen molar-refractivity contribution in [3.05, 3.63) is 64.1 Å². The summed E-state index contributed by atoms with van der Waals surface area (Å²) < 4.78 is 0.992. The molecule has 22 heavy (non-hydrogen) atoms. The fourth-order valence-electron chi connectivity index (χ4n) is 2.01. The lowest BCUT2D eigenvalue weighted by atomic mass is 10.1. The molecule has 0 aliphatic rings. The van der Waals surface area contributed by atoms with Crippen molar-refractivity contribution in [1.82, 2.24) is 5.32 Å². The summed E-state index contributed by atoms with van der Waals surface area (Å²) in [6, 6.07) is 15.1. The van der Waals surface area contributed by atoms with Gasteiger partial charge in [0.2, 0.25) is 11.8 Å². The van der Waals surface area contributed by atoms with Crippen LogP contribution < -0.4 is 10.6 Å². The van der Waals surface area contributed by atoms with E-state index in [0.717, 1.165) is 21.3 Å². The van der Waals surface area contributed by atoms with E-state index >= 15 is 0 Å². The standard InChI is InChI=1S/C17H17BrN2O2/c1-12(21)20-16-4-2-3-14(9-16)11-19-17(22)10-13-5-7-15(18)8-6-13/h2-9H,10-11H2,1H3,(H,19,22)(H,20,21). The monoisotopic (exact) mass is 360 g/mol. The molecule has 0 fully saturated rings. The van der Waals surface area contributed by atoms with Crippen molar-refractivity contribution in [2.75, 3.05) is 5.32 Å². The summed E-state index contributed by atoms with van der Waals surface area (Å²) in [6.07, 6.45) is 0.346. The predicted molar refractivity (Wildman–Crippen MR) is 90.4 cm³/mol. The van der Waals surface area contributed by atoms with Gasteiger partial charge in [0, 0.05) is 23.6 Å². The molecule has 114 valence electrons. The van der Waals surface area contributed by atoms with Crippen LogP contribution in [0.25, 0.3) is 0 Å². The summed E-state index contributed by atoms with van der Waals surface area (Å²) >= 11 is 3.37. The van der Waals surface area contributed by atoms with E-state index in [4.69, 9.17) is 0 Å². The van der Waals surface area contributed by atoms with Crippen LogP contribution in [0.2, 0.25) is 0 Å². The average molecular weight is 361 g/mol. The number of hydrogen-bond donors (Lipinski definition) is 2. The van der Waals surface area contributed by atoms with Gasteiger partial charge in [-0.25, -0.2) is 0 Å². The Morgan fingerprint density at radius 2 is 1.77 bits per heavy atom. The van der Waals surface area contributed by atoms with Gasteiger partial charge in [-0.3, -0.25) is 9.59 Å². The number of nitrogens with one attached hydrogen (secondary N) is 2. The van der Waals surface area contributed by atoms with Crippen LogP contribution in [0.3, 0.4) is 0 Å². The van der Waals surface area contributed by atoms with Crippen LogP contribution in [-0.4, -0.2) is 11.8 Å². The van der Waals surface area contributed by atoms with Gasteiger partial charge in [-0.2, -0.15) is 0 Å². The fraction of sp³-hybridized carbons (Fsp3) is 0.176. The van der Waals surface area contributed by atoms with Crippen LogP contribution in [0.5, 0.6) is 0 Å². The second-order valence-electron chi connectivity index (χ2n) is 4.96. The quantitative estimate of drug-likeness (QED) is 0.859. The highest BCUT2D eigenvalue weighted by Gasteiger charge is 2.04. The Bertz CT molecular complexity index is 669. The summed E-state index contributed by atoms with van der Waals surface area (Å²) in [7, 11) is 0. The molecular weight excluding hydrogens is 344 g/mol. The smallest absolute Gasteiger partial charge is 0.224 e. The van der Waals surface area contributed by atoms with Crippen LogP contribution in [0, 0.1) is 0 Å². The Morgan fingerprint density at radius 1 is 1.05 bits per heavy atom. The first-order valence-corrected chi connectivity index (χ1v) is 7.70. The van der Waals surface area contributed by atoms with Crippen LogP contribution in [0.15, 0.2) is 53.0 Å². The zero-order chi connectivity index (χ0) is 15.9. The minimum Gasteiger partial charge on any atom is -0.352 e. The first kappa shape index (κ1) is 16.2. The van der Waals surface area contributed by atoms with Gasteiger partial charge in [-0.1, -0.05) is 40.2 Å². The molecule has 5 heteroatoms. The van der Waals surface area contributed by atoms with Crippen molar-refractivity contribution in [3.8, 4) is 0 Å². The van der Waals surface area contributed by atoms with Crippen molar-refractivity contribution in [2.24, 2.45) is 0 Å². The lowest BCUT2D eigenvalue weighted by molar-refractivity contribution is -0.120. The Morgan fingerprint density at radius 3 is 2.45 bits per heavy atom. The highest BCUT2D eigenvalue weighted by molar-refractivity contribution is 9.10. The third-order valence-electron chi connectivity index (χ3n) is 3.01. The minimum atomic E-state index is -0.114. The maximum absolute atomic E-state index is 11.9. The van der Waals surface area contributed by atoms with E-state index in [1.165, 1.54) is 6.92 Å². The third kappa shape index (κ3) is 5.33. The largest absolute Gasteiger partial charge is 0.352 e. The lowest BCUT2D eigenvalue weighted by Crippen LogP contribution is -2.24. The second-order valence-corrected chi connectivity index (χ2v) is 5.88. The average Bonchev–Trinajstić information content (AvgIpc) is 2.47. The number of carbonyl (C=O) groups excluding carboxylic acids is 2. The molecule has 0 radical (unpaired) electrons. The highest BCUT2D eigenvalue weighted by Crippen LogP contribution is 2.12. The number of benzene rings is 2. The lowest BCUT2D eigenvalue weighted by Gasteiger charge is -2.08. The predicted octanol–water partition coefficient (Wildman–Crippen LogP) is 3.27. The normalized spacial score (nSPS) is 10.1. The molecule has 2 N–H and O–H groups in total. The molecule has 2 amide bonds. The van der Waals surface area contributed by atoms with Gasteiger partial charge in [0.25, 0.3) is 0 Å². The maximum atomic E-state index is 11.9. The molecule has 0 bridgehead atoms. The maximum Gasteiger partial charge on any atom is 0.224 e. The first-order valence-electron chi connectivity index (χ1n) is 6.90. The molecule has 2 aromatic rings. The van der Waals surface area contributed by atoms with E-state index in [0.29, 0.717) is 13.0 Å². The van der Waals surface area contributed by atoms with Crippen molar-refractivity contribution < 1.29 is 9.59 Å². The Kier molecular flexibility index (Phi) is 5.72. The summed E-state index contributed by atoms with van der Waals surface area (Å²) in [5.74, 6) is -0.149. The van der Waals surface area contributed by atoms with E-state index in [-0.39, 0.29) is 11.8 Å². The summed E-state index contributed by atoms with van der Waals surface area (Å²) in [6.45, 7) is 1.90. The topological polar surface area (TPSA) is 58.2 Å². The van der Waals surface area contributed by atoms with E-state index in [9.17, 15) is 9.59 Å². The van der Waals surface area contributed by atoms with Crippen LogP contribution in [-0.2, 0) is 22.6 Å². The summed E-state index contributed by atoms with van der Waals surface area (Å²) in [4.78, 5) is 23.0. The van der Waals surface area contributed by atoms with Crippen LogP contribution in [0.1, 0.15) is 18.1 Å². The van der Waals surface area contributed by atoms with E-state index in [1.54, 1.807) is 0 Å². The number of carbonyl (C=O) groups is 2. The van der Waals surface area contributed by atoms with Gasteiger partial charge in [0.05, 0.1) is 6.42 Å². The number of halogens is 1. The molecule has 0 aromatic heterocycles. The van der Waals surface area contributed by atoms with Crippen molar-refractivity contribution >= 4 is 33.4 Å². The van der Waals surface area contributed by atoms with Gasteiger partial charge in [-0.05, 0) is 35.4 Å². The molecule has 2 aromatic carbocycles. The zero-order valence-corrected chi connectivity index (χ0v) is 13.8. The Labute approximate surface area is 138 Å². The molecule has 2 rings (SSSR count). The summed E-state index contributed by atoms with van der Waals surface area (Å²) in [5, 5.41) is 5.60. The van der Waals surface area contributed by atoms with E-state index in [2.05, 4.69) is 26.6 Å². The molecule has 0 atom stereocenters. The molecule has 0 saturated carbocycles. The number of amides is 2. The van der Waals surface area contributed by atoms with Crippen molar-refractivity contribution in [3.63, 3.8) is 0 Å². The molecule has 0 aliphatic heterocycles. The molecule has 0 heterocycles. The first-order chi connectivity index (χ1) is 10.5. The van der Waals surface area contributed by atoms with Gasteiger partial charge in [-0.15, -0.1) is 0 Å². The number of hydrogen-bond acceptors (Lipinski definition) is 2. The molecular formula is C17H17BrN2O2. The number of anilines is 1. The van der Waals surface area contributed by atoms with Gasteiger partial charge in [0.15, 0.2) is 0 Å². The molecule has 0 saturated heterocycles. The highest BCUT2D eigenvalue weighted by atomic mass is 79.9. The van der Waals surface area contributed by atoms with Crippen LogP contribution >= 0.6 is 15.9 Å². The van der Waals surface area contributed by atoms with Gasteiger partial charge >= 0.3 is 0 Å². The molecule has 4 nitrogen and oxygen atoms in total. The number of rotatable bonds is 5. The second kappa shape index (κ2) is 7.75. The Balaban J connectivity index is 1.88. The van der Waals surface area contributed by atoms with Crippen molar-refractivity contribution in [2.45, 2.75) is 19.9 Å². The molecule has 0 aliphatic carbocycles. The van der Waals surface area contributed by atoms with E-state index in [1.807, 2.05) is 48.5 Å². The summed E-state index contributed by atoms with van der Waals surface area (Å²) in [5.41, 5.74) is 2.63. The third-order valence-corrected chi connectivity index (χ3v) is 3.54. The minimum absolute atomic E-state index is 0.0350. The van der Waals surface area contributed by atoms with Gasteiger partial charge < -0.3 is 10.6 Å². The van der Waals surface area contributed by atoms with E-state index < -0.39 is 0 Å². The van der Waals surface area contributed by atoms with Gasteiger partial charge in [0.1, 0.15) is 0 Å².